The first kappa shape index (κ1) is 14.3. The van der Waals surface area contributed by atoms with Crippen molar-refractivity contribution in [1.82, 2.24) is 9.78 Å². The molecule has 0 saturated carbocycles. The lowest BCUT2D eigenvalue weighted by Gasteiger charge is -2.01. The average molecular weight is 337 g/mol. The van der Waals surface area contributed by atoms with Crippen LogP contribution in [0.15, 0.2) is 42.6 Å². The lowest BCUT2D eigenvalue weighted by Crippen LogP contribution is -1.99. The number of thiophene rings is 1. The minimum Gasteiger partial charge on any atom is -0.298 e. The topological polar surface area (TPSA) is 34.9 Å². The Balaban J connectivity index is 1.99. The van der Waals surface area contributed by atoms with Crippen molar-refractivity contribution in [3.63, 3.8) is 0 Å². The fraction of sp³-hybridized carbons (Fsp3) is 0.0667. The zero-order chi connectivity index (χ0) is 14.8. The van der Waals surface area contributed by atoms with Gasteiger partial charge in [0.1, 0.15) is 10.0 Å². The summed E-state index contributed by atoms with van der Waals surface area (Å²) < 4.78 is 2.84. The Kier molecular flexibility index (Phi) is 4.10. The normalized spacial score (nSPS) is 10.8. The number of halogens is 2. The quantitative estimate of drug-likeness (QED) is 0.642. The number of hydrogen-bond donors (Lipinski definition) is 0. The van der Waals surface area contributed by atoms with Crippen LogP contribution in [0.3, 0.4) is 0 Å². The van der Waals surface area contributed by atoms with Crippen molar-refractivity contribution in [3.05, 3.63) is 62.4 Å². The molecule has 2 heterocycles. The zero-order valence-corrected chi connectivity index (χ0v) is 13.1. The number of aldehydes is 1. The molecule has 3 nitrogen and oxygen atoms in total. The molecule has 0 aliphatic carbocycles. The molecule has 0 radical (unpaired) electrons. The van der Waals surface area contributed by atoms with Gasteiger partial charge in [0.15, 0.2) is 6.29 Å². The first-order valence-corrected chi connectivity index (χ1v) is 7.76. The summed E-state index contributed by atoms with van der Waals surface area (Å²) in [6.07, 6.45) is 2.50. The van der Waals surface area contributed by atoms with Gasteiger partial charge in [-0.25, -0.2) is 0 Å². The van der Waals surface area contributed by atoms with Gasteiger partial charge in [-0.2, -0.15) is 5.10 Å². The smallest absolute Gasteiger partial charge is 0.153 e. The van der Waals surface area contributed by atoms with Gasteiger partial charge >= 0.3 is 0 Å². The van der Waals surface area contributed by atoms with Gasteiger partial charge in [-0.15, -0.1) is 11.3 Å². The van der Waals surface area contributed by atoms with E-state index in [1.165, 1.54) is 11.3 Å². The molecular formula is C15H10Cl2N2OS. The minimum atomic E-state index is 0.502. The minimum absolute atomic E-state index is 0.502. The molecule has 0 bridgehead atoms. The number of nitrogens with zero attached hydrogens (tertiary/aromatic N) is 2. The Labute approximate surface area is 135 Å². The van der Waals surface area contributed by atoms with Crippen LogP contribution in [0.4, 0.5) is 0 Å². The summed E-state index contributed by atoms with van der Waals surface area (Å²) in [5.74, 6) is 0. The fourth-order valence-electron chi connectivity index (χ4n) is 2.09. The molecule has 3 aromatic rings. The Morgan fingerprint density at radius 2 is 2.00 bits per heavy atom. The van der Waals surface area contributed by atoms with Crippen LogP contribution in [0, 0.1) is 0 Å². The second-order valence-corrected chi connectivity index (χ2v) is 6.76. The molecule has 0 amide bonds. The molecule has 106 valence electrons. The average Bonchev–Trinajstić information content (AvgIpc) is 3.02. The number of rotatable bonds is 4. The van der Waals surface area contributed by atoms with Crippen LogP contribution < -0.4 is 0 Å². The lowest BCUT2D eigenvalue weighted by molar-refractivity contribution is 0.112. The van der Waals surface area contributed by atoms with E-state index in [1.807, 2.05) is 30.3 Å². The second-order valence-electron chi connectivity index (χ2n) is 4.47. The molecule has 0 unspecified atom stereocenters. The molecule has 0 spiro atoms. The van der Waals surface area contributed by atoms with E-state index < -0.39 is 0 Å². The second kappa shape index (κ2) is 6.02. The third-order valence-electron chi connectivity index (χ3n) is 3.02. The van der Waals surface area contributed by atoms with Crippen molar-refractivity contribution in [3.8, 4) is 11.3 Å². The molecule has 1 aromatic carbocycles. The van der Waals surface area contributed by atoms with Gasteiger partial charge in [-0.05, 0) is 11.6 Å². The van der Waals surface area contributed by atoms with Crippen LogP contribution in [-0.4, -0.2) is 16.1 Å². The number of hydrogen-bond acceptors (Lipinski definition) is 3. The van der Waals surface area contributed by atoms with Gasteiger partial charge in [0.05, 0.1) is 16.4 Å². The van der Waals surface area contributed by atoms with E-state index in [-0.39, 0.29) is 0 Å². The zero-order valence-electron chi connectivity index (χ0n) is 10.8. The number of carbonyl (C=O) groups excluding carboxylic acids is 1. The van der Waals surface area contributed by atoms with E-state index in [9.17, 15) is 4.79 Å². The van der Waals surface area contributed by atoms with Crippen molar-refractivity contribution in [2.75, 3.05) is 0 Å². The van der Waals surface area contributed by atoms with Crippen LogP contribution >= 0.6 is 34.5 Å². The SMILES string of the molecule is O=Cc1cn(Cc2ccccc2)nc1-c1cc(Cl)sc1Cl. The largest absolute Gasteiger partial charge is 0.298 e. The maximum Gasteiger partial charge on any atom is 0.153 e. The van der Waals surface area contributed by atoms with Crippen LogP contribution in [0.1, 0.15) is 15.9 Å². The summed E-state index contributed by atoms with van der Waals surface area (Å²) in [7, 11) is 0. The van der Waals surface area contributed by atoms with Crippen molar-refractivity contribution in [2.24, 2.45) is 0 Å². The maximum atomic E-state index is 11.3. The first-order valence-electron chi connectivity index (χ1n) is 6.19. The third-order valence-corrected chi connectivity index (χ3v) is 4.50. The molecular weight excluding hydrogens is 327 g/mol. The number of carbonyl (C=O) groups is 1. The standard InChI is InChI=1S/C15H10Cl2N2OS/c16-13-6-12(15(17)21-13)14-11(9-20)8-19(18-14)7-10-4-2-1-3-5-10/h1-6,8-9H,7H2. The van der Waals surface area contributed by atoms with E-state index in [1.54, 1.807) is 16.9 Å². The van der Waals surface area contributed by atoms with Crippen LogP contribution in [-0.2, 0) is 6.54 Å². The summed E-state index contributed by atoms with van der Waals surface area (Å²) in [6, 6.07) is 11.7. The van der Waals surface area contributed by atoms with Crippen LogP contribution in [0.2, 0.25) is 8.67 Å². The van der Waals surface area contributed by atoms with Crippen molar-refractivity contribution in [2.45, 2.75) is 6.54 Å². The monoisotopic (exact) mass is 336 g/mol. The van der Waals surface area contributed by atoms with Gasteiger partial charge in [-0.3, -0.25) is 9.48 Å². The number of benzene rings is 1. The fourth-order valence-corrected chi connectivity index (χ4v) is 3.55. The molecule has 0 N–H and O–H groups in total. The van der Waals surface area contributed by atoms with Crippen molar-refractivity contribution in [1.29, 1.82) is 0 Å². The molecule has 0 fully saturated rings. The lowest BCUT2D eigenvalue weighted by atomic mass is 10.2. The highest BCUT2D eigenvalue weighted by Gasteiger charge is 2.16. The molecule has 0 saturated heterocycles. The Hall–Kier alpha value is -1.62. The molecule has 6 heteroatoms. The van der Waals surface area contributed by atoms with Gasteiger partial charge in [0.25, 0.3) is 0 Å². The van der Waals surface area contributed by atoms with Crippen LogP contribution in [0.5, 0.6) is 0 Å². The Morgan fingerprint density at radius 3 is 2.62 bits per heavy atom. The van der Waals surface area contributed by atoms with Crippen molar-refractivity contribution >= 4 is 40.8 Å². The Bertz CT molecular complexity index is 780. The Morgan fingerprint density at radius 1 is 1.24 bits per heavy atom. The molecule has 0 aliphatic heterocycles. The third kappa shape index (κ3) is 3.02. The molecule has 0 atom stereocenters. The van der Waals surface area contributed by atoms with Gasteiger partial charge in [0, 0.05) is 11.8 Å². The predicted octanol–water partition coefficient (Wildman–Crippen LogP) is 4.78. The molecule has 21 heavy (non-hydrogen) atoms. The van der Waals surface area contributed by atoms with E-state index in [0.717, 1.165) is 11.8 Å². The summed E-state index contributed by atoms with van der Waals surface area (Å²) in [5.41, 5.74) is 2.87. The van der Waals surface area contributed by atoms with Gasteiger partial charge in [-0.1, -0.05) is 53.5 Å². The number of aromatic nitrogens is 2. The molecule has 3 rings (SSSR count). The highest BCUT2D eigenvalue weighted by atomic mass is 35.5. The van der Waals surface area contributed by atoms with E-state index in [2.05, 4.69) is 5.10 Å². The summed E-state index contributed by atoms with van der Waals surface area (Å²) in [5, 5.41) is 4.47. The van der Waals surface area contributed by atoms with Gasteiger partial charge in [0.2, 0.25) is 0 Å². The highest BCUT2D eigenvalue weighted by molar-refractivity contribution is 7.20. The van der Waals surface area contributed by atoms with E-state index in [0.29, 0.717) is 32.0 Å². The maximum absolute atomic E-state index is 11.3. The first-order chi connectivity index (χ1) is 10.2. The highest BCUT2D eigenvalue weighted by Crippen LogP contribution is 2.38. The molecule has 0 aliphatic rings. The van der Waals surface area contributed by atoms with E-state index in [4.69, 9.17) is 23.2 Å². The van der Waals surface area contributed by atoms with E-state index >= 15 is 0 Å². The van der Waals surface area contributed by atoms with Gasteiger partial charge < -0.3 is 0 Å². The van der Waals surface area contributed by atoms with Crippen LogP contribution in [0.25, 0.3) is 11.3 Å². The summed E-state index contributed by atoms with van der Waals surface area (Å²) in [6.45, 7) is 0.594. The summed E-state index contributed by atoms with van der Waals surface area (Å²) in [4.78, 5) is 11.3. The summed E-state index contributed by atoms with van der Waals surface area (Å²) >= 11 is 13.4. The predicted molar refractivity (Wildman–Crippen MR) is 86.5 cm³/mol. The van der Waals surface area contributed by atoms with Crippen molar-refractivity contribution < 1.29 is 4.79 Å². The molecule has 2 aromatic heterocycles.